The van der Waals surface area contributed by atoms with Crippen molar-refractivity contribution in [2.45, 2.75) is 57.8 Å². The Kier molecular flexibility index (Phi) is 7.79. The lowest BCUT2D eigenvalue weighted by Gasteiger charge is -2.32. The second-order valence-electron chi connectivity index (χ2n) is 10.6. The van der Waals surface area contributed by atoms with Crippen LogP contribution in [0.3, 0.4) is 0 Å². The van der Waals surface area contributed by atoms with Crippen molar-refractivity contribution in [1.82, 2.24) is 14.7 Å². The first kappa shape index (κ1) is 25.1. The highest BCUT2D eigenvalue weighted by Crippen LogP contribution is 2.29. The third-order valence-electron chi connectivity index (χ3n) is 7.73. The fourth-order valence-electron chi connectivity index (χ4n) is 5.83. The molecule has 3 aliphatic rings. The van der Waals surface area contributed by atoms with E-state index in [1.807, 2.05) is 12.1 Å². The highest BCUT2D eigenvalue weighted by Gasteiger charge is 2.29. The molecule has 0 saturated carbocycles. The molecule has 1 N–H and O–H groups in total. The second-order valence-corrected chi connectivity index (χ2v) is 10.6. The molecule has 3 heterocycles. The summed E-state index contributed by atoms with van der Waals surface area (Å²) in [5, 5.41) is 10.8. The van der Waals surface area contributed by atoms with Crippen molar-refractivity contribution >= 4 is 5.91 Å². The van der Waals surface area contributed by atoms with Gasteiger partial charge in [-0.15, -0.1) is 0 Å². The summed E-state index contributed by atoms with van der Waals surface area (Å²) in [5.41, 5.74) is 3.25. The van der Waals surface area contributed by atoms with Crippen molar-refractivity contribution < 1.29 is 19.4 Å². The summed E-state index contributed by atoms with van der Waals surface area (Å²) in [4.78, 5) is 19.8. The van der Waals surface area contributed by atoms with Gasteiger partial charge in [0.25, 0.3) is 5.91 Å². The number of aliphatic hydroxyl groups is 1. The van der Waals surface area contributed by atoms with Crippen LogP contribution in [0.15, 0.2) is 42.5 Å². The summed E-state index contributed by atoms with van der Waals surface area (Å²) < 4.78 is 12.1. The third-order valence-corrected chi connectivity index (χ3v) is 7.73. The van der Waals surface area contributed by atoms with E-state index in [1.54, 1.807) is 11.0 Å². The van der Waals surface area contributed by atoms with Gasteiger partial charge >= 0.3 is 0 Å². The predicted molar refractivity (Wildman–Crippen MR) is 140 cm³/mol. The molecule has 0 aliphatic carbocycles. The van der Waals surface area contributed by atoms with Gasteiger partial charge in [0.15, 0.2) is 0 Å². The standard InChI is InChI=1S/C29H39N3O4/c1-21(2)32-12-5-8-24(32)20-36-26-9-10-27-28(16-26)35-15-14-31(29(27)34)19-25(33)18-30-13-11-22-6-3-4-7-23(22)17-30/h3-4,6-7,9-10,16,21,24-25,33H,5,8,11-15,17-20H2,1-2H3/t24-,25?/m0/s1. The molecule has 0 bridgehead atoms. The maximum absolute atomic E-state index is 13.3. The first-order valence-electron chi connectivity index (χ1n) is 13.4. The number of hydrogen-bond donors (Lipinski definition) is 1. The van der Waals surface area contributed by atoms with E-state index in [9.17, 15) is 9.90 Å². The van der Waals surface area contributed by atoms with Crippen molar-refractivity contribution in [3.05, 3.63) is 59.2 Å². The quantitative estimate of drug-likeness (QED) is 0.609. The molecule has 2 aromatic carbocycles. The Bertz CT molecular complexity index is 1060. The van der Waals surface area contributed by atoms with E-state index in [-0.39, 0.29) is 5.91 Å². The zero-order valence-corrected chi connectivity index (χ0v) is 21.6. The Labute approximate surface area is 214 Å². The van der Waals surface area contributed by atoms with Crippen LogP contribution < -0.4 is 9.47 Å². The Morgan fingerprint density at radius 3 is 2.75 bits per heavy atom. The number of benzene rings is 2. The molecule has 1 saturated heterocycles. The predicted octanol–water partition coefficient (Wildman–Crippen LogP) is 3.19. The monoisotopic (exact) mass is 493 g/mol. The second kappa shape index (κ2) is 11.2. The summed E-state index contributed by atoms with van der Waals surface area (Å²) in [7, 11) is 0. The largest absolute Gasteiger partial charge is 0.492 e. The Hall–Kier alpha value is -2.61. The number of likely N-dealkylation sites (tertiary alicyclic amines) is 1. The van der Waals surface area contributed by atoms with E-state index in [1.165, 1.54) is 17.5 Å². The Morgan fingerprint density at radius 2 is 1.92 bits per heavy atom. The van der Waals surface area contributed by atoms with Gasteiger partial charge in [-0.2, -0.15) is 0 Å². The molecular formula is C29H39N3O4. The van der Waals surface area contributed by atoms with Crippen LogP contribution in [0.4, 0.5) is 0 Å². The number of nitrogens with zero attached hydrogens (tertiary/aromatic N) is 3. The number of β-amino-alcohol motifs (C(OH)–C–C–N with tert-alkyl or cyclic N) is 1. The van der Waals surface area contributed by atoms with Gasteiger partial charge in [0.2, 0.25) is 0 Å². The fourth-order valence-corrected chi connectivity index (χ4v) is 5.83. The molecule has 1 fully saturated rings. The zero-order chi connectivity index (χ0) is 25.1. The topological polar surface area (TPSA) is 65.5 Å². The van der Waals surface area contributed by atoms with E-state index in [0.29, 0.717) is 56.2 Å². The smallest absolute Gasteiger partial charge is 0.257 e. The van der Waals surface area contributed by atoms with E-state index >= 15 is 0 Å². The average molecular weight is 494 g/mol. The number of aliphatic hydroxyl groups excluding tert-OH is 1. The first-order chi connectivity index (χ1) is 17.5. The van der Waals surface area contributed by atoms with Gasteiger partial charge in [-0.05, 0) is 62.9 Å². The molecule has 3 aliphatic heterocycles. The maximum atomic E-state index is 13.3. The van der Waals surface area contributed by atoms with Gasteiger partial charge in [0, 0.05) is 44.3 Å². The lowest BCUT2D eigenvalue weighted by atomic mass is 10.00. The van der Waals surface area contributed by atoms with E-state index in [2.05, 4.69) is 47.9 Å². The molecule has 1 amide bonds. The Morgan fingerprint density at radius 1 is 1.08 bits per heavy atom. The minimum Gasteiger partial charge on any atom is -0.492 e. The van der Waals surface area contributed by atoms with Gasteiger partial charge in [-0.25, -0.2) is 0 Å². The van der Waals surface area contributed by atoms with Crippen LogP contribution in [0.2, 0.25) is 0 Å². The summed E-state index contributed by atoms with van der Waals surface area (Å²) >= 11 is 0. The number of amides is 1. The van der Waals surface area contributed by atoms with Crippen molar-refractivity contribution in [2.24, 2.45) is 0 Å². The van der Waals surface area contributed by atoms with Crippen LogP contribution in [-0.2, 0) is 13.0 Å². The molecule has 36 heavy (non-hydrogen) atoms. The van der Waals surface area contributed by atoms with Crippen molar-refractivity contribution in [3.63, 3.8) is 0 Å². The normalized spacial score (nSPS) is 21.6. The molecule has 2 aromatic rings. The molecule has 1 unspecified atom stereocenters. The summed E-state index contributed by atoms with van der Waals surface area (Å²) in [6, 6.07) is 14.9. The third kappa shape index (κ3) is 5.69. The van der Waals surface area contributed by atoms with Crippen LogP contribution in [0.25, 0.3) is 0 Å². The van der Waals surface area contributed by atoms with Crippen molar-refractivity contribution in [3.8, 4) is 11.5 Å². The molecule has 2 atom stereocenters. The molecule has 0 radical (unpaired) electrons. The van der Waals surface area contributed by atoms with Gasteiger partial charge in [0.05, 0.1) is 18.2 Å². The molecule has 7 nitrogen and oxygen atoms in total. The molecule has 0 aromatic heterocycles. The number of rotatable bonds is 8. The minimum absolute atomic E-state index is 0.0983. The van der Waals surface area contributed by atoms with Crippen LogP contribution in [0.5, 0.6) is 11.5 Å². The molecule has 194 valence electrons. The van der Waals surface area contributed by atoms with Crippen LogP contribution in [-0.4, -0.2) is 89.8 Å². The molecule has 7 heteroatoms. The van der Waals surface area contributed by atoms with Gasteiger partial charge in [-0.3, -0.25) is 14.6 Å². The van der Waals surface area contributed by atoms with Gasteiger partial charge < -0.3 is 19.5 Å². The van der Waals surface area contributed by atoms with Gasteiger partial charge in [0.1, 0.15) is 24.7 Å². The lowest BCUT2D eigenvalue weighted by Crippen LogP contribution is -2.44. The number of carbonyl (C=O) groups excluding carboxylic acids is 1. The number of hydrogen-bond acceptors (Lipinski definition) is 6. The summed E-state index contributed by atoms with van der Waals surface area (Å²) in [6.07, 6.45) is 2.74. The number of carbonyl (C=O) groups is 1. The highest BCUT2D eigenvalue weighted by molar-refractivity contribution is 5.97. The summed E-state index contributed by atoms with van der Waals surface area (Å²) in [6.45, 7) is 9.69. The summed E-state index contributed by atoms with van der Waals surface area (Å²) in [5.74, 6) is 1.20. The lowest BCUT2D eigenvalue weighted by molar-refractivity contribution is 0.0501. The van der Waals surface area contributed by atoms with Crippen molar-refractivity contribution in [1.29, 1.82) is 0 Å². The van der Waals surface area contributed by atoms with Crippen LogP contribution >= 0.6 is 0 Å². The fraction of sp³-hybridized carbons (Fsp3) is 0.552. The first-order valence-corrected chi connectivity index (χ1v) is 13.4. The average Bonchev–Trinajstić information content (AvgIpc) is 3.30. The van der Waals surface area contributed by atoms with Crippen LogP contribution in [0.1, 0.15) is 48.2 Å². The molecular weight excluding hydrogens is 454 g/mol. The van der Waals surface area contributed by atoms with Gasteiger partial charge in [-0.1, -0.05) is 24.3 Å². The maximum Gasteiger partial charge on any atom is 0.257 e. The van der Waals surface area contributed by atoms with Crippen LogP contribution in [0, 0.1) is 0 Å². The molecule has 5 rings (SSSR count). The molecule has 0 spiro atoms. The minimum atomic E-state index is -0.612. The Balaban J connectivity index is 1.17. The SMILES string of the molecule is CC(C)N1CCC[C@H]1COc1ccc2c(c1)OCCN(CC(O)CN1CCc3ccccc3C1)C2=O. The van der Waals surface area contributed by atoms with E-state index in [4.69, 9.17) is 9.47 Å². The van der Waals surface area contributed by atoms with E-state index < -0.39 is 6.10 Å². The van der Waals surface area contributed by atoms with Crippen molar-refractivity contribution in [2.75, 3.05) is 45.9 Å². The zero-order valence-electron chi connectivity index (χ0n) is 21.6. The highest BCUT2D eigenvalue weighted by atomic mass is 16.5. The number of fused-ring (bicyclic) bond motifs is 2. The van der Waals surface area contributed by atoms with E-state index in [0.717, 1.165) is 38.2 Å². The number of ether oxygens (including phenoxy) is 2.